The van der Waals surface area contributed by atoms with E-state index in [0.717, 1.165) is 37.6 Å². The van der Waals surface area contributed by atoms with Gasteiger partial charge in [-0.2, -0.15) is 0 Å². The van der Waals surface area contributed by atoms with Gasteiger partial charge in [0.15, 0.2) is 0 Å². The number of nitrogens with two attached hydrogens (primary N) is 1. The molecule has 0 spiro atoms. The average molecular weight is 273 g/mol. The van der Waals surface area contributed by atoms with Crippen LogP contribution in [0.4, 0.5) is 5.69 Å². The smallest absolute Gasteiger partial charge is 0.0645 e. The summed E-state index contributed by atoms with van der Waals surface area (Å²) >= 11 is 0. The van der Waals surface area contributed by atoms with Gasteiger partial charge < -0.3 is 15.9 Å². The summed E-state index contributed by atoms with van der Waals surface area (Å²) in [5.41, 5.74) is 8.87. The molecule has 0 radical (unpaired) electrons. The van der Waals surface area contributed by atoms with E-state index < -0.39 is 0 Å². The fourth-order valence-electron chi connectivity index (χ4n) is 3.39. The summed E-state index contributed by atoms with van der Waals surface area (Å²) in [7, 11) is 0. The molecule has 3 N–H and O–H groups in total. The van der Waals surface area contributed by atoms with Gasteiger partial charge in [-0.15, -0.1) is 0 Å². The number of hydrogen-bond acceptors (Lipinski definition) is 4. The molecule has 2 fully saturated rings. The standard InChI is InChI=1S/C16H23N3O/c1-11-8-19(14-9-20-10-14)5-4-15(11)12-2-3-13(7-17)16(18)6-12/h2-3,6-7,11,14-15,17H,4-5,8-10,18H2,1H3. The van der Waals surface area contributed by atoms with E-state index in [2.05, 4.69) is 24.0 Å². The third kappa shape index (κ3) is 2.45. The molecule has 2 aliphatic rings. The van der Waals surface area contributed by atoms with Crippen LogP contribution in [-0.2, 0) is 4.74 Å². The van der Waals surface area contributed by atoms with Crippen molar-refractivity contribution in [2.75, 3.05) is 32.0 Å². The van der Waals surface area contributed by atoms with Gasteiger partial charge >= 0.3 is 0 Å². The van der Waals surface area contributed by atoms with E-state index in [4.69, 9.17) is 15.9 Å². The van der Waals surface area contributed by atoms with Crippen molar-refractivity contribution in [3.05, 3.63) is 29.3 Å². The van der Waals surface area contributed by atoms with E-state index in [-0.39, 0.29) is 0 Å². The first-order valence-electron chi connectivity index (χ1n) is 7.40. The van der Waals surface area contributed by atoms with Crippen LogP contribution in [-0.4, -0.2) is 43.5 Å². The highest BCUT2D eigenvalue weighted by molar-refractivity contribution is 5.85. The number of nitrogen functional groups attached to an aromatic ring is 1. The van der Waals surface area contributed by atoms with Crippen LogP contribution in [0.3, 0.4) is 0 Å². The molecule has 2 heterocycles. The lowest BCUT2D eigenvalue weighted by atomic mass is 9.80. The van der Waals surface area contributed by atoms with E-state index in [9.17, 15) is 0 Å². The fraction of sp³-hybridized carbons (Fsp3) is 0.562. The lowest BCUT2D eigenvalue weighted by molar-refractivity contribution is -0.0773. The Morgan fingerprint density at radius 2 is 2.20 bits per heavy atom. The van der Waals surface area contributed by atoms with Gasteiger partial charge in [0.2, 0.25) is 0 Å². The quantitative estimate of drug-likeness (QED) is 0.655. The highest BCUT2D eigenvalue weighted by Crippen LogP contribution is 2.35. The molecule has 108 valence electrons. The number of hydrogen-bond donors (Lipinski definition) is 2. The molecule has 2 saturated heterocycles. The van der Waals surface area contributed by atoms with E-state index in [1.165, 1.54) is 18.2 Å². The number of nitrogens with one attached hydrogen (secondary N) is 1. The molecule has 0 saturated carbocycles. The largest absolute Gasteiger partial charge is 0.398 e. The number of rotatable bonds is 3. The lowest BCUT2D eigenvalue weighted by Crippen LogP contribution is -2.53. The molecule has 4 nitrogen and oxygen atoms in total. The minimum Gasteiger partial charge on any atom is -0.398 e. The molecule has 1 aromatic rings. The number of nitrogens with zero attached hydrogens (tertiary/aromatic N) is 1. The van der Waals surface area contributed by atoms with Crippen molar-refractivity contribution >= 4 is 11.9 Å². The van der Waals surface area contributed by atoms with Crippen molar-refractivity contribution in [3.8, 4) is 0 Å². The van der Waals surface area contributed by atoms with Crippen LogP contribution in [0.25, 0.3) is 0 Å². The molecule has 4 heteroatoms. The van der Waals surface area contributed by atoms with Crippen LogP contribution in [0.5, 0.6) is 0 Å². The Hall–Kier alpha value is -1.39. The van der Waals surface area contributed by atoms with E-state index in [0.29, 0.717) is 17.9 Å². The SMILES string of the molecule is CC1CN(C2COC2)CCC1c1ccc(C=N)c(N)c1. The Morgan fingerprint density at radius 1 is 1.40 bits per heavy atom. The van der Waals surface area contributed by atoms with E-state index in [1.54, 1.807) is 0 Å². The second kappa shape index (κ2) is 5.54. The van der Waals surface area contributed by atoms with Gasteiger partial charge in [0.25, 0.3) is 0 Å². The highest BCUT2D eigenvalue weighted by atomic mass is 16.5. The van der Waals surface area contributed by atoms with Gasteiger partial charge in [-0.3, -0.25) is 4.90 Å². The predicted octanol–water partition coefficient (Wildman–Crippen LogP) is 2.09. The summed E-state index contributed by atoms with van der Waals surface area (Å²) in [5, 5.41) is 7.32. The van der Waals surface area contributed by atoms with E-state index >= 15 is 0 Å². The first kappa shape index (κ1) is 13.6. The third-order valence-electron chi connectivity index (χ3n) is 4.77. The molecule has 20 heavy (non-hydrogen) atoms. The van der Waals surface area contributed by atoms with Crippen molar-refractivity contribution in [1.82, 2.24) is 4.90 Å². The molecule has 2 unspecified atom stereocenters. The number of likely N-dealkylation sites (tertiary alicyclic amines) is 1. The zero-order chi connectivity index (χ0) is 14.1. The first-order chi connectivity index (χ1) is 9.69. The van der Waals surface area contributed by atoms with Crippen LogP contribution in [0.2, 0.25) is 0 Å². The molecular weight excluding hydrogens is 250 g/mol. The zero-order valence-corrected chi connectivity index (χ0v) is 12.0. The Balaban J connectivity index is 1.71. The minimum absolute atomic E-state index is 0.578. The maximum Gasteiger partial charge on any atom is 0.0645 e. The van der Waals surface area contributed by atoms with Gasteiger partial charge in [-0.25, -0.2) is 0 Å². The molecule has 0 bridgehead atoms. The van der Waals surface area contributed by atoms with Gasteiger partial charge in [-0.05, 0) is 36.4 Å². The molecule has 3 rings (SSSR count). The number of benzene rings is 1. The van der Waals surface area contributed by atoms with Crippen LogP contribution >= 0.6 is 0 Å². The number of piperidine rings is 1. The lowest BCUT2D eigenvalue weighted by Gasteiger charge is -2.44. The van der Waals surface area contributed by atoms with Crippen LogP contribution in [0, 0.1) is 11.3 Å². The summed E-state index contributed by atoms with van der Waals surface area (Å²) in [6.45, 7) is 6.42. The van der Waals surface area contributed by atoms with Crippen molar-refractivity contribution in [3.63, 3.8) is 0 Å². The molecule has 1 aromatic carbocycles. The molecule has 0 aromatic heterocycles. The van der Waals surface area contributed by atoms with Crippen molar-refractivity contribution in [2.45, 2.75) is 25.3 Å². The van der Waals surface area contributed by atoms with Gasteiger partial charge in [-0.1, -0.05) is 19.1 Å². The van der Waals surface area contributed by atoms with Crippen LogP contribution in [0.1, 0.15) is 30.4 Å². The summed E-state index contributed by atoms with van der Waals surface area (Å²) in [5.74, 6) is 1.21. The summed E-state index contributed by atoms with van der Waals surface area (Å²) < 4.78 is 5.30. The zero-order valence-electron chi connectivity index (χ0n) is 12.0. The minimum atomic E-state index is 0.578. The van der Waals surface area contributed by atoms with E-state index in [1.807, 2.05) is 6.07 Å². The number of ether oxygens (including phenoxy) is 1. The highest BCUT2D eigenvalue weighted by Gasteiger charge is 2.33. The Kier molecular flexibility index (Phi) is 3.76. The topological polar surface area (TPSA) is 62.3 Å². The van der Waals surface area contributed by atoms with Crippen molar-refractivity contribution in [1.29, 1.82) is 5.41 Å². The number of anilines is 1. The van der Waals surface area contributed by atoms with Gasteiger partial charge in [0.1, 0.15) is 0 Å². The molecule has 2 aliphatic heterocycles. The summed E-state index contributed by atoms with van der Waals surface area (Å²) in [4.78, 5) is 2.57. The maximum absolute atomic E-state index is 7.32. The Bertz CT molecular complexity index is 498. The fourth-order valence-corrected chi connectivity index (χ4v) is 3.39. The monoisotopic (exact) mass is 273 g/mol. The summed E-state index contributed by atoms with van der Waals surface area (Å²) in [6, 6.07) is 6.81. The molecule has 2 atom stereocenters. The van der Waals surface area contributed by atoms with Crippen LogP contribution < -0.4 is 5.73 Å². The second-order valence-corrected chi connectivity index (χ2v) is 6.09. The molecular formula is C16H23N3O. The third-order valence-corrected chi connectivity index (χ3v) is 4.77. The Morgan fingerprint density at radius 3 is 2.75 bits per heavy atom. The predicted molar refractivity (Wildman–Crippen MR) is 81.4 cm³/mol. The van der Waals surface area contributed by atoms with Gasteiger partial charge in [0.05, 0.1) is 19.3 Å². The molecule has 0 amide bonds. The average Bonchev–Trinajstić information content (AvgIpc) is 2.37. The van der Waals surface area contributed by atoms with Crippen molar-refractivity contribution in [2.24, 2.45) is 5.92 Å². The second-order valence-electron chi connectivity index (χ2n) is 6.09. The summed E-state index contributed by atoms with van der Waals surface area (Å²) in [6.07, 6.45) is 2.50. The molecule has 0 aliphatic carbocycles. The first-order valence-corrected chi connectivity index (χ1v) is 7.40. The Labute approximate surface area is 120 Å². The van der Waals surface area contributed by atoms with Gasteiger partial charge in [0, 0.05) is 24.0 Å². The normalized spacial score (nSPS) is 28.1. The van der Waals surface area contributed by atoms with Crippen molar-refractivity contribution < 1.29 is 4.74 Å². The maximum atomic E-state index is 7.32. The van der Waals surface area contributed by atoms with Crippen LogP contribution in [0.15, 0.2) is 18.2 Å².